The fraction of sp³-hybridized carbons (Fsp3) is 0.267. The van der Waals surface area contributed by atoms with Gasteiger partial charge in [-0.05, 0) is 59.7 Å². The average molecular weight is 496 g/mol. The van der Waals surface area contributed by atoms with E-state index in [4.69, 9.17) is 0 Å². The molecule has 2 amide bonds. The summed E-state index contributed by atoms with van der Waals surface area (Å²) >= 11 is 1.59. The molecule has 0 spiro atoms. The highest BCUT2D eigenvalue weighted by molar-refractivity contribution is 7.21. The van der Waals surface area contributed by atoms with Gasteiger partial charge in [0.2, 0.25) is 0 Å². The van der Waals surface area contributed by atoms with Crippen molar-refractivity contribution in [2.24, 2.45) is 0 Å². The summed E-state index contributed by atoms with van der Waals surface area (Å²) in [5, 5.41) is 4.83. The number of likely N-dealkylation sites (tertiary alicyclic amines) is 2. The Kier molecular flexibility index (Phi) is 6.07. The Morgan fingerprint density at radius 2 is 1.50 bits per heavy atom. The summed E-state index contributed by atoms with van der Waals surface area (Å²) in [6.07, 6.45) is 0.947. The number of aryl methyl sites for hydroxylation is 1. The second-order valence-electron chi connectivity index (χ2n) is 9.81. The predicted octanol–water partition coefficient (Wildman–Crippen LogP) is 5.21. The number of thiophene rings is 1. The molecule has 0 radical (unpaired) electrons. The lowest BCUT2D eigenvalue weighted by Gasteiger charge is -2.41. The molecule has 4 aromatic rings. The predicted molar refractivity (Wildman–Crippen MR) is 146 cm³/mol. The van der Waals surface area contributed by atoms with Gasteiger partial charge < -0.3 is 15.1 Å². The van der Waals surface area contributed by atoms with Gasteiger partial charge in [-0.2, -0.15) is 0 Å². The van der Waals surface area contributed by atoms with Crippen molar-refractivity contribution in [2.45, 2.75) is 25.4 Å². The van der Waals surface area contributed by atoms with E-state index < -0.39 is 0 Å². The minimum Gasteiger partial charge on any atom is -0.337 e. The van der Waals surface area contributed by atoms with Crippen LogP contribution in [0.5, 0.6) is 0 Å². The molecule has 182 valence electrons. The molecule has 1 N–H and O–H groups in total. The molecule has 5 nitrogen and oxygen atoms in total. The number of hydrogen-bond acceptors (Lipinski definition) is 4. The van der Waals surface area contributed by atoms with Crippen LogP contribution < -0.4 is 5.32 Å². The van der Waals surface area contributed by atoms with Crippen LogP contribution in [-0.4, -0.2) is 59.9 Å². The summed E-state index contributed by atoms with van der Waals surface area (Å²) in [6.45, 7) is 4.98. The number of nitrogens with one attached hydrogen (secondary N) is 1. The lowest BCUT2D eigenvalue weighted by Crippen LogP contribution is -2.62. The number of benzene rings is 3. The average Bonchev–Trinajstić information content (AvgIpc) is 3.50. The highest BCUT2D eigenvalue weighted by atomic mass is 32.1. The van der Waals surface area contributed by atoms with E-state index in [1.807, 2.05) is 58.3 Å². The number of amides is 2. The fourth-order valence-electron chi connectivity index (χ4n) is 5.31. The number of carbonyl (C=O) groups excluding carboxylic acids is 2. The third-order valence-electron chi connectivity index (χ3n) is 7.37. The van der Waals surface area contributed by atoms with E-state index in [0.717, 1.165) is 45.6 Å². The largest absolute Gasteiger partial charge is 0.337 e. The highest BCUT2D eigenvalue weighted by Crippen LogP contribution is 2.35. The van der Waals surface area contributed by atoms with Crippen LogP contribution in [0.15, 0.2) is 78.9 Å². The van der Waals surface area contributed by atoms with Gasteiger partial charge in [-0.1, -0.05) is 54.6 Å². The quantitative estimate of drug-likeness (QED) is 0.414. The molecule has 2 aliphatic rings. The van der Waals surface area contributed by atoms with Gasteiger partial charge in [0, 0.05) is 48.5 Å². The third-order valence-corrected chi connectivity index (χ3v) is 8.63. The summed E-state index contributed by atoms with van der Waals surface area (Å²) in [5.41, 5.74) is 4.17. The van der Waals surface area contributed by atoms with Crippen LogP contribution in [0.1, 0.15) is 32.0 Å². The minimum atomic E-state index is 0.0981. The van der Waals surface area contributed by atoms with Crippen molar-refractivity contribution >= 4 is 33.2 Å². The zero-order valence-corrected chi connectivity index (χ0v) is 21.1. The van der Waals surface area contributed by atoms with Gasteiger partial charge in [0.15, 0.2) is 0 Å². The number of nitrogens with zero attached hydrogens (tertiary/aromatic N) is 2. The molecule has 3 aromatic carbocycles. The Labute approximate surface area is 215 Å². The Hall–Kier alpha value is -3.48. The summed E-state index contributed by atoms with van der Waals surface area (Å²) in [7, 11) is 0. The van der Waals surface area contributed by atoms with Crippen molar-refractivity contribution in [3.8, 4) is 11.1 Å². The molecule has 0 unspecified atom stereocenters. The van der Waals surface area contributed by atoms with Crippen molar-refractivity contribution in [3.63, 3.8) is 0 Å². The van der Waals surface area contributed by atoms with Crippen LogP contribution in [0.3, 0.4) is 0 Å². The van der Waals surface area contributed by atoms with E-state index in [0.29, 0.717) is 13.1 Å². The summed E-state index contributed by atoms with van der Waals surface area (Å²) < 4.78 is 1.15. The van der Waals surface area contributed by atoms with Crippen molar-refractivity contribution in [1.29, 1.82) is 0 Å². The van der Waals surface area contributed by atoms with E-state index >= 15 is 0 Å². The number of rotatable bonds is 5. The van der Waals surface area contributed by atoms with Crippen molar-refractivity contribution in [3.05, 3.63) is 94.9 Å². The molecule has 36 heavy (non-hydrogen) atoms. The summed E-state index contributed by atoms with van der Waals surface area (Å²) in [5.74, 6) is 0.223. The van der Waals surface area contributed by atoms with Crippen LogP contribution in [0.4, 0.5) is 0 Å². The molecule has 3 heterocycles. The van der Waals surface area contributed by atoms with Gasteiger partial charge in [0.05, 0.1) is 4.88 Å². The molecule has 1 aromatic heterocycles. The standard InChI is InChI=1S/C30H29N3O2S/c1-20-26-16-23(21-8-4-2-5-9-21)12-13-27(26)36-28(20)30(35)33-18-25(19-33)31-24-14-15-32(17-24)29(34)22-10-6-3-7-11-22/h2-13,16,24-25,31H,14-15,17-19H2,1H3/t24-/m0/s1. The maximum absolute atomic E-state index is 13.3. The molecule has 6 heteroatoms. The van der Waals surface area contributed by atoms with Crippen LogP contribution in [-0.2, 0) is 0 Å². The van der Waals surface area contributed by atoms with Crippen LogP contribution in [0.2, 0.25) is 0 Å². The molecule has 0 saturated carbocycles. The van der Waals surface area contributed by atoms with Crippen molar-refractivity contribution < 1.29 is 9.59 Å². The molecule has 2 saturated heterocycles. The van der Waals surface area contributed by atoms with Gasteiger partial charge in [-0.25, -0.2) is 0 Å². The van der Waals surface area contributed by atoms with Gasteiger partial charge in [0.25, 0.3) is 11.8 Å². The van der Waals surface area contributed by atoms with E-state index in [9.17, 15) is 9.59 Å². The molecule has 6 rings (SSSR count). The molecule has 2 aliphatic heterocycles. The Morgan fingerprint density at radius 3 is 2.25 bits per heavy atom. The summed E-state index contributed by atoms with van der Waals surface area (Å²) in [4.78, 5) is 30.7. The Morgan fingerprint density at radius 1 is 0.806 bits per heavy atom. The van der Waals surface area contributed by atoms with Gasteiger partial charge in [-0.3, -0.25) is 9.59 Å². The zero-order chi connectivity index (χ0) is 24.6. The van der Waals surface area contributed by atoms with E-state index in [1.54, 1.807) is 11.3 Å². The number of carbonyl (C=O) groups is 2. The third kappa shape index (κ3) is 4.31. The van der Waals surface area contributed by atoms with Crippen molar-refractivity contribution in [1.82, 2.24) is 15.1 Å². The van der Waals surface area contributed by atoms with Crippen LogP contribution >= 0.6 is 11.3 Å². The van der Waals surface area contributed by atoms with E-state index in [-0.39, 0.29) is 23.9 Å². The second-order valence-corrected chi connectivity index (χ2v) is 10.9. The first kappa shape index (κ1) is 23.0. The SMILES string of the molecule is Cc1c(C(=O)N2CC(N[C@H]3CCN(C(=O)c4ccccc4)C3)C2)sc2ccc(-c3ccccc3)cc12. The second kappa shape index (κ2) is 9.52. The topological polar surface area (TPSA) is 52.7 Å². The molecule has 1 atom stereocenters. The van der Waals surface area contributed by atoms with Gasteiger partial charge >= 0.3 is 0 Å². The first-order chi connectivity index (χ1) is 17.6. The molecular formula is C30H29N3O2S. The van der Waals surface area contributed by atoms with E-state index in [1.165, 1.54) is 11.1 Å². The van der Waals surface area contributed by atoms with Crippen LogP contribution in [0, 0.1) is 6.92 Å². The molecule has 2 fully saturated rings. The Balaban J connectivity index is 1.07. The number of fused-ring (bicyclic) bond motifs is 1. The minimum absolute atomic E-state index is 0.0981. The van der Waals surface area contributed by atoms with E-state index in [2.05, 4.69) is 42.6 Å². The first-order valence-electron chi connectivity index (χ1n) is 12.5. The zero-order valence-electron chi connectivity index (χ0n) is 20.3. The normalized spacial score (nSPS) is 18.0. The maximum Gasteiger partial charge on any atom is 0.264 e. The summed E-state index contributed by atoms with van der Waals surface area (Å²) in [6, 6.07) is 26.9. The van der Waals surface area contributed by atoms with Gasteiger partial charge in [-0.15, -0.1) is 11.3 Å². The smallest absolute Gasteiger partial charge is 0.264 e. The monoisotopic (exact) mass is 495 g/mol. The maximum atomic E-state index is 13.3. The lowest BCUT2D eigenvalue weighted by atomic mass is 10.0. The van der Waals surface area contributed by atoms with Gasteiger partial charge in [0.1, 0.15) is 0 Å². The van der Waals surface area contributed by atoms with Crippen molar-refractivity contribution in [2.75, 3.05) is 26.2 Å². The Bertz CT molecular complexity index is 1410. The van der Waals surface area contributed by atoms with Crippen LogP contribution in [0.25, 0.3) is 21.2 Å². The molecule has 0 bridgehead atoms. The highest BCUT2D eigenvalue weighted by Gasteiger charge is 2.36. The first-order valence-corrected chi connectivity index (χ1v) is 13.4. The number of hydrogen-bond donors (Lipinski definition) is 1. The molecular weight excluding hydrogens is 466 g/mol. The lowest BCUT2D eigenvalue weighted by molar-refractivity contribution is 0.0557. The fourth-order valence-corrected chi connectivity index (χ4v) is 6.46. The molecule has 0 aliphatic carbocycles.